The Hall–Kier alpha value is -1.75. The predicted molar refractivity (Wildman–Crippen MR) is 74.1 cm³/mol. The van der Waals surface area contributed by atoms with Gasteiger partial charge < -0.3 is 10.3 Å². The van der Waals surface area contributed by atoms with Crippen LogP contribution in [0.15, 0.2) is 30.7 Å². The summed E-state index contributed by atoms with van der Waals surface area (Å²) in [5, 5.41) is 0. The van der Waals surface area contributed by atoms with E-state index in [0.717, 1.165) is 18.2 Å². The van der Waals surface area contributed by atoms with Gasteiger partial charge in [0.2, 0.25) is 0 Å². The Morgan fingerprint density at radius 3 is 2.65 bits per heavy atom. The molecular weight excluding hydrogens is 260 g/mol. The molecule has 0 saturated heterocycles. The number of benzene rings is 1. The number of imidazole rings is 1. The minimum absolute atomic E-state index is 0.109. The van der Waals surface area contributed by atoms with Crippen molar-refractivity contribution in [2.75, 3.05) is 0 Å². The van der Waals surface area contributed by atoms with Crippen molar-refractivity contribution in [3.05, 3.63) is 53.6 Å². The number of aromatic nitrogens is 2. The predicted octanol–water partition coefficient (Wildman–Crippen LogP) is 3.26. The highest BCUT2D eigenvalue weighted by Crippen LogP contribution is 2.19. The summed E-state index contributed by atoms with van der Waals surface area (Å²) in [6, 6.07) is 3.79. The molecule has 0 bridgehead atoms. The monoisotopic (exact) mass is 279 g/mol. The molecule has 1 atom stereocenters. The fourth-order valence-corrected chi connectivity index (χ4v) is 2.24. The second-order valence-corrected chi connectivity index (χ2v) is 5.43. The lowest BCUT2D eigenvalue weighted by Gasteiger charge is -2.16. The van der Waals surface area contributed by atoms with Crippen LogP contribution in [0.3, 0.4) is 0 Å². The van der Waals surface area contributed by atoms with Gasteiger partial charge in [-0.15, -0.1) is 0 Å². The van der Waals surface area contributed by atoms with E-state index in [4.69, 9.17) is 5.73 Å². The van der Waals surface area contributed by atoms with Crippen LogP contribution < -0.4 is 5.73 Å². The van der Waals surface area contributed by atoms with Crippen LogP contribution in [0.25, 0.3) is 0 Å². The SMILES string of the molecule is CC(C)CC(N)c1cncn1Cc1ccc(F)c(F)c1. The van der Waals surface area contributed by atoms with Crippen molar-refractivity contribution in [1.29, 1.82) is 0 Å². The maximum Gasteiger partial charge on any atom is 0.159 e. The first kappa shape index (κ1) is 14.7. The van der Waals surface area contributed by atoms with Gasteiger partial charge in [0, 0.05) is 18.8 Å². The molecule has 5 heteroatoms. The fourth-order valence-electron chi connectivity index (χ4n) is 2.24. The van der Waals surface area contributed by atoms with Crippen molar-refractivity contribution in [1.82, 2.24) is 9.55 Å². The molecule has 2 aromatic rings. The summed E-state index contributed by atoms with van der Waals surface area (Å²) in [5.74, 6) is -1.19. The van der Waals surface area contributed by atoms with Gasteiger partial charge in [-0.05, 0) is 30.0 Å². The van der Waals surface area contributed by atoms with Gasteiger partial charge in [0.25, 0.3) is 0 Å². The summed E-state index contributed by atoms with van der Waals surface area (Å²) >= 11 is 0. The van der Waals surface area contributed by atoms with E-state index < -0.39 is 11.6 Å². The Balaban J connectivity index is 2.17. The Kier molecular flexibility index (Phi) is 4.49. The molecule has 1 heterocycles. The molecule has 2 rings (SSSR count). The van der Waals surface area contributed by atoms with Gasteiger partial charge in [0.05, 0.1) is 12.0 Å². The highest BCUT2D eigenvalue weighted by molar-refractivity contribution is 5.19. The van der Waals surface area contributed by atoms with E-state index >= 15 is 0 Å². The average molecular weight is 279 g/mol. The van der Waals surface area contributed by atoms with Crippen molar-refractivity contribution < 1.29 is 8.78 Å². The molecule has 0 saturated carbocycles. The van der Waals surface area contributed by atoms with Gasteiger partial charge in [-0.2, -0.15) is 0 Å². The molecule has 2 N–H and O–H groups in total. The second-order valence-electron chi connectivity index (χ2n) is 5.43. The highest BCUT2D eigenvalue weighted by atomic mass is 19.2. The average Bonchev–Trinajstić information content (AvgIpc) is 2.81. The number of nitrogens with two attached hydrogens (primary N) is 1. The summed E-state index contributed by atoms with van der Waals surface area (Å²) in [7, 11) is 0. The summed E-state index contributed by atoms with van der Waals surface area (Å²) in [4.78, 5) is 4.10. The Morgan fingerprint density at radius 1 is 1.25 bits per heavy atom. The van der Waals surface area contributed by atoms with Crippen LogP contribution in [0.1, 0.15) is 37.6 Å². The minimum atomic E-state index is -0.837. The Labute approximate surface area is 117 Å². The van der Waals surface area contributed by atoms with Crippen LogP contribution in [-0.4, -0.2) is 9.55 Å². The van der Waals surface area contributed by atoms with Gasteiger partial charge in [0.15, 0.2) is 11.6 Å². The largest absolute Gasteiger partial charge is 0.329 e. The van der Waals surface area contributed by atoms with E-state index in [-0.39, 0.29) is 6.04 Å². The van der Waals surface area contributed by atoms with E-state index in [1.165, 1.54) is 6.07 Å². The molecule has 0 amide bonds. The summed E-state index contributed by atoms with van der Waals surface area (Å²) in [5.41, 5.74) is 7.74. The van der Waals surface area contributed by atoms with Crippen LogP contribution in [0.5, 0.6) is 0 Å². The molecule has 0 aliphatic carbocycles. The van der Waals surface area contributed by atoms with E-state index in [0.29, 0.717) is 18.0 Å². The standard InChI is InChI=1S/C15H19F2N3/c1-10(2)5-14(18)15-7-19-9-20(15)8-11-3-4-12(16)13(17)6-11/h3-4,6-7,9-10,14H,5,8,18H2,1-2H3. The number of hydrogen-bond donors (Lipinski definition) is 1. The first-order chi connectivity index (χ1) is 9.47. The van der Waals surface area contributed by atoms with Crippen LogP contribution in [-0.2, 0) is 6.54 Å². The van der Waals surface area contributed by atoms with Gasteiger partial charge >= 0.3 is 0 Å². The van der Waals surface area contributed by atoms with E-state index in [9.17, 15) is 8.78 Å². The summed E-state index contributed by atoms with van der Waals surface area (Å²) in [6.45, 7) is 4.64. The van der Waals surface area contributed by atoms with E-state index in [2.05, 4.69) is 18.8 Å². The number of halogens is 2. The molecule has 1 unspecified atom stereocenters. The minimum Gasteiger partial charge on any atom is -0.329 e. The first-order valence-electron chi connectivity index (χ1n) is 6.67. The molecule has 0 aliphatic heterocycles. The normalized spacial score (nSPS) is 12.9. The fraction of sp³-hybridized carbons (Fsp3) is 0.400. The second kappa shape index (κ2) is 6.13. The van der Waals surface area contributed by atoms with Gasteiger partial charge in [-0.1, -0.05) is 19.9 Å². The molecule has 108 valence electrons. The zero-order chi connectivity index (χ0) is 14.7. The van der Waals surface area contributed by atoms with Crippen LogP contribution in [0.2, 0.25) is 0 Å². The van der Waals surface area contributed by atoms with E-state index in [1.54, 1.807) is 18.6 Å². The Bertz CT molecular complexity index is 578. The maximum atomic E-state index is 13.2. The smallest absolute Gasteiger partial charge is 0.159 e. The molecule has 20 heavy (non-hydrogen) atoms. The topological polar surface area (TPSA) is 43.8 Å². The van der Waals surface area contributed by atoms with Crippen molar-refractivity contribution >= 4 is 0 Å². The number of rotatable bonds is 5. The Morgan fingerprint density at radius 2 is 2.00 bits per heavy atom. The molecule has 0 aliphatic rings. The third kappa shape index (κ3) is 3.42. The summed E-state index contributed by atoms with van der Waals surface area (Å²) in [6.07, 6.45) is 4.24. The van der Waals surface area contributed by atoms with Crippen molar-refractivity contribution in [3.63, 3.8) is 0 Å². The number of nitrogens with zero attached hydrogens (tertiary/aromatic N) is 2. The van der Waals surface area contributed by atoms with Crippen molar-refractivity contribution in [2.24, 2.45) is 11.7 Å². The van der Waals surface area contributed by atoms with Crippen LogP contribution in [0.4, 0.5) is 8.78 Å². The lowest BCUT2D eigenvalue weighted by molar-refractivity contribution is 0.487. The molecular formula is C15H19F2N3. The zero-order valence-corrected chi connectivity index (χ0v) is 11.7. The van der Waals surface area contributed by atoms with Gasteiger partial charge in [0.1, 0.15) is 0 Å². The molecule has 0 radical (unpaired) electrons. The lowest BCUT2D eigenvalue weighted by Crippen LogP contribution is -2.17. The van der Waals surface area contributed by atoms with Crippen LogP contribution in [0, 0.1) is 17.6 Å². The number of hydrogen-bond acceptors (Lipinski definition) is 2. The third-order valence-corrected chi connectivity index (χ3v) is 3.19. The third-order valence-electron chi connectivity index (χ3n) is 3.19. The molecule has 0 spiro atoms. The maximum absolute atomic E-state index is 13.2. The molecule has 0 fully saturated rings. The molecule has 1 aromatic heterocycles. The molecule has 1 aromatic carbocycles. The summed E-state index contributed by atoms with van der Waals surface area (Å²) < 4.78 is 28.0. The van der Waals surface area contributed by atoms with Crippen molar-refractivity contribution in [2.45, 2.75) is 32.9 Å². The molecule has 3 nitrogen and oxygen atoms in total. The van der Waals surface area contributed by atoms with E-state index in [1.807, 2.05) is 4.57 Å². The first-order valence-corrected chi connectivity index (χ1v) is 6.67. The highest BCUT2D eigenvalue weighted by Gasteiger charge is 2.13. The lowest BCUT2D eigenvalue weighted by atomic mass is 10.0. The van der Waals surface area contributed by atoms with Gasteiger partial charge in [-0.25, -0.2) is 13.8 Å². The van der Waals surface area contributed by atoms with Crippen molar-refractivity contribution in [3.8, 4) is 0 Å². The quantitative estimate of drug-likeness (QED) is 0.913. The zero-order valence-electron chi connectivity index (χ0n) is 11.7. The van der Waals surface area contributed by atoms with Crippen LogP contribution >= 0.6 is 0 Å². The van der Waals surface area contributed by atoms with Gasteiger partial charge in [-0.3, -0.25) is 0 Å².